The van der Waals surface area contributed by atoms with Crippen molar-refractivity contribution in [2.75, 3.05) is 39.3 Å². The summed E-state index contributed by atoms with van der Waals surface area (Å²) in [5.41, 5.74) is 2.19. The Morgan fingerprint density at radius 1 is 1.38 bits per heavy atom. The number of hydrogen-bond donors (Lipinski definition) is 0. The third kappa shape index (κ3) is 3.44. The summed E-state index contributed by atoms with van der Waals surface area (Å²) in [6.07, 6.45) is 1.26. The van der Waals surface area contributed by atoms with Crippen LogP contribution >= 0.6 is 0 Å². The molecule has 2 fully saturated rings. The summed E-state index contributed by atoms with van der Waals surface area (Å²) in [6, 6.07) is 2.08. The second kappa shape index (κ2) is 6.15. The van der Waals surface area contributed by atoms with Gasteiger partial charge in [0.2, 0.25) is 5.91 Å². The van der Waals surface area contributed by atoms with Crippen molar-refractivity contribution in [1.82, 2.24) is 19.6 Å². The Balaban J connectivity index is 1.53. The lowest BCUT2D eigenvalue weighted by atomic mass is 10.2. The fourth-order valence-electron chi connectivity index (χ4n) is 2.94. The SMILES string of the molecule is Cc1cc(C)n(C[C@@H]2CN(CC(=O)N3CCC3)CCO2)n1. The lowest BCUT2D eigenvalue weighted by Crippen LogP contribution is -2.51. The lowest BCUT2D eigenvalue weighted by molar-refractivity contribution is -0.138. The molecule has 0 saturated carbocycles. The van der Waals surface area contributed by atoms with Gasteiger partial charge in [-0.2, -0.15) is 5.10 Å². The van der Waals surface area contributed by atoms with Crippen molar-refractivity contribution in [2.24, 2.45) is 0 Å². The fourth-order valence-corrected chi connectivity index (χ4v) is 2.94. The van der Waals surface area contributed by atoms with E-state index in [1.807, 2.05) is 16.5 Å². The Bertz CT molecular complexity index is 510. The fraction of sp³-hybridized carbons (Fsp3) is 0.733. The van der Waals surface area contributed by atoms with Gasteiger partial charge in [0.1, 0.15) is 0 Å². The Labute approximate surface area is 125 Å². The minimum atomic E-state index is 0.112. The minimum Gasteiger partial charge on any atom is -0.374 e. The maximum absolute atomic E-state index is 12.0. The summed E-state index contributed by atoms with van der Waals surface area (Å²) in [5, 5.41) is 4.48. The lowest BCUT2D eigenvalue weighted by Gasteiger charge is -2.36. The van der Waals surface area contributed by atoms with Gasteiger partial charge in [0.05, 0.1) is 31.5 Å². The molecular formula is C15H24N4O2. The van der Waals surface area contributed by atoms with E-state index in [0.717, 1.165) is 50.5 Å². The number of carbonyl (C=O) groups is 1. The van der Waals surface area contributed by atoms with E-state index in [0.29, 0.717) is 13.2 Å². The first kappa shape index (κ1) is 14.5. The molecule has 3 heterocycles. The van der Waals surface area contributed by atoms with Crippen LogP contribution in [-0.4, -0.2) is 70.9 Å². The van der Waals surface area contributed by atoms with Gasteiger partial charge in [-0.3, -0.25) is 14.4 Å². The molecule has 1 amide bonds. The highest BCUT2D eigenvalue weighted by molar-refractivity contribution is 5.78. The molecule has 1 aromatic rings. The van der Waals surface area contributed by atoms with Crippen LogP contribution in [0, 0.1) is 13.8 Å². The predicted molar refractivity (Wildman–Crippen MR) is 79.1 cm³/mol. The molecule has 1 atom stereocenters. The van der Waals surface area contributed by atoms with Gasteiger partial charge in [-0.1, -0.05) is 0 Å². The summed E-state index contributed by atoms with van der Waals surface area (Å²) >= 11 is 0. The van der Waals surface area contributed by atoms with E-state index in [-0.39, 0.29) is 12.0 Å². The Morgan fingerprint density at radius 3 is 2.81 bits per heavy atom. The number of carbonyl (C=O) groups excluding carboxylic acids is 1. The number of aryl methyl sites for hydroxylation is 2. The number of ether oxygens (including phenoxy) is 1. The van der Waals surface area contributed by atoms with E-state index >= 15 is 0 Å². The second-order valence-corrected chi connectivity index (χ2v) is 6.07. The third-order valence-electron chi connectivity index (χ3n) is 4.27. The molecule has 0 aromatic carbocycles. The molecule has 0 unspecified atom stereocenters. The van der Waals surface area contributed by atoms with E-state index in [1.165, 1.54) is 0 Å². The first-order valence-electron chi connectivity index (χ1n) is 7.74. The van der Waals surface area contributed by atoms with Crippen molar-refractivity contribution < 1.29 is 9.53 Å². The largest absolute Gasteiger partial charge is 0.374 e. The van der Waals surface area contributed by atoms with Crippen LogP contribution in [0.4, 0.5) is 0 Å². The number of amides is 1. The van der Waals surface area contributed by atoms with Crippen LogP contribution in [0.1, 0.15) is 17.8 Å². The smallest absolute Gasteiger partial charge is 0.236 e. The van der Waals surface area contributed by atoms with E-state index in [1.54, 1.807) is 0 Å². The number of likely N-dealkylation sites (tertiary alicyclic amines) is 1. The zero-order valence-electron chi connectivity index (χ0n) is 12.9. The molecule has 21 heavy (non-hydrogen) atoms. The average Bonchev–Trinajstić information content (AvgIpc) is 2.65. The Kier molecular flexibility index (Phi) is 4.26. The van der Waals surface area contributed by atoms with Crippen molar-refractivity contribution >= 4 is 5.91 Å². The molecule has 1 aromatic heterocycles. The molecule has 0 spiro atoms. The number of nitrogens with zero attached hydrogens (tertiary/aromatic N) is 4. The van der Waals surface area contributed by atoms with Gasteiger partial charge in [-0.05, 0) is 26.3 Å². The minimum absolute atomic E-state index is 0.112. The summed E-state index contributed by atoms with van der Waals surface area (Å²) < 4.78 is 7.83. The number of aromatic nitrogens is 2. The third-order valence-corrected chi connectivity index (χ3v) is 4.27. The summed E-state index contributed by atoms with van der Waals surface area (Å²) in [4.78, 5) is 16.2. The molecule has 0 aliphatic carbocycles. The van der Waals surface area contributed by atoms with Crippen LogP contribution in [0.5, 0.6) is 0 Å². The topological polar surface area (TPSA) is 50.6 Å². The maximum atomic E-state index is 12.0. The van der Waals surface area contributed by atoms with Crippen LogP contribution < -0.4 is 0 Å². The molecule has 2 saturated heterocycles. The van der Waals surface area contributed by atoms with Gasteiger partial charge in [0.25, 0.3) is 0 Å². The van der Waals surface area contributed by atoms with Gasteiger partial charge < -0.3 is 9.64 Å². The zero-order valence-corrected chi connectivity index (χ0v) is 12.9. The molecule has 3 rings (SSSR count). The van der Waals surface area contributed by atoms with Crippen LogP contribution in [0.2, 0.25) is 0 Å². The molecule has 6 nitrogen and oxygen atoms in total. The monoisotopic (exact) mass is 292 g/mol. The second-order valence-electron chi connectivity index (χ2n) is 6.07. The predicted octanol–water partition coefficient (Wildman–Crippen LogP) is 0.433. The molecule has 0 radical (unpaired) electrons. The van der Waals surface area contributed by atoms with Gasteiger partial charge in [0, 0.05) is 31.9 Å². The highest BCUT2D eigenvalue weighted by Crippen LogP contribution is 2.12. The molecule has 2 aliphatic rings. The van der Waals surface area contributed by atoms with Crippen LogP contribution in [0.25, 0.3) is 0 Å². The van der Waals surface area contributed by atoms with Crippen molar-refractivity contribution in [3.63, 3.8) is 0 Å². The number of hydrogen-bond acceptors (Lipinski definition) is 4. The van der Waals surface area contributed by atoms with E-state index in [9.17, 15) is 4.79 Å². The van der Waals surface area contributed by atoms with Crippen LogP contribution in [0.15, 0.2) is 6.07 Å². The Hall–Kier alpha value is -1.40. The van der Waals surface area contributed by atoms with E-state index < -0.39 is 0 Å². The van der Waals surface area contributed by atoms with Crippen molar-refractivity contribution in [3.8, 4) is 0 Å². The van der Waals surface area contributed by atoms with E-state index in [2.05, 4.69) is 23.0 Å². The van der Waals surface area contributed by atoms with Crippen molar-refractivity contribution in [2.45, 2.75) is 32.9 Å². The normalized spacial score (nSPS) is 23.1. The van der Waals surface area contributed by atoms with Crippen molar-refractivity contribution in [3.05, 3.63) is 17.5 Å². The van der Waals surface area contributed by atoms with Crippen LogP contribution in [0.3, 0.4) is 0 Å². The molecular weight excluding hydrogens is 268 g/mol. The highest BCUT2D eigenvalue weighted by atomic mass is 16.5. The average molecular weight is 292 g/mol. The zero-order chi connectivity index (χ0) is 14.8. The maximum Gasteiger partial charge on any atom is 0.236 e. The number of rotatable bonds is 4. The standard InChI is InChI=1S/C15H24N4O2/c1-12-8-13(2)19(16-12)10-14-9-17(6-7-21-14)11-15(20)18-4-3-5-18/h8,14H,3-7,9-11H2,1-2H3/t14-/m0/s1. The summed E-state index contributed by atoms with van der Waals surface area (Å²) in [7, 11) is 0. The molecule has 6 heteroatoms. The molecule has 0 bridgehead atoms. The van der Waals surface area contributed by atoms with Crippen molar-refractivity contribution in [1.29, 1.82) is 0 Å². The van der Waals surface area contributed by atoms with Gasteiger partial charge in [-0.15, -0.1) is 0 Å². The highest BCUT2D eigenvalue weighted by Gasteiger charge is 2.26. The van der Waals surface area contributed by atoms with E-state index in [4.69, 9.17) is 4.74 Å². The summed E-state index contributed by atoms with van der Waals surface area (Å²) in [5.74, 6) is 0.257. The number of morpholine rings is 1. The summed E-state index contributed by atoms with van der Waals surface area (Å²) in [6.45, 7) is 9.54. The molecule has 116 valence electrons. The van der Waals surface area contributed by atoms with Gasteiger partial charge >= 0.3 is 0 Å². The quantitative estimate of drug-likeness (QED) is 0.808. The Morgan fingerprint density at radius 2 is 2.19 bits per heavy atom. The van der Waals surface area contributed by atoms with Gasteiger partial charge in [-0.25, -0.2) is 0 Å². The first-order chi connectivity index (χ1) is 10.1. The van der Waals surface area contributed by atoms with Gasteiger partial charge in [0.15, 0.2) is 0 Å². The molecule has 2 aliphatic heterocycles. The first-order valence-corrected chi connectivity index (χ1v) is 7.74. The van der Waals surface area contributed by atoms with Crippen LogP contribution in [-0.2, 0) is 16.1 Å². The molecule has 0 N–H and O–H groups in total.